The number of anilines is 1. The molecule has 0 aliphatic heterocycles. The minimum atomic E-state index is -0.160. The summed E-state index contributed by atoms with van der Waals surface area (Å²) in [4.78, 5) is 12.2. The maximum absolute atomic E-state index is 12.2. The number of carbonyl (C=O) groups is 1. The van der Waals surface area contributed by atoms with E-state index in [0.29, 0.717) is 16.3 Å². The van der Waals surface area contributed by atoms with Crippen molar-refractivity contribution in [3.8, 4) is 0 Å². The number of unbranched alkanes of at least 4 members (excludes halogenated alkanes) is 1. The number of carbonyl (C=O) groups excluding carboxylic acids is 1. The van der Waals surface area contributed by atoms with Gasteiger partial charge < -0.3 is 5.32 Å². The lowest BCUT2D eigenvalue weighted by Crippen LogP contribution is -2.11. The molecule has 0 fully saturated rings. The summed E-state index contributed by atoms with van der Waals surface area (Å²) in [5.74, 6) is -0.160. The first-order valence-electron chi connectivity index (χ1n) is 7.03. The Balaban J connectivity index is 2.05. The second-order valence-corrected chi connectivity index (χ2v) is 5.15. The number of amides is 1. The molecule has 0 radical (unpaired) electrons. The van der Waals surface area contributed by atoms with E-state index in [1.165, 1.54) is 0 Å². The molecule has 1 amide bonds. The van der Waals surface area contributed by atoms with Crippen LogP contribution in [0.3, 0.4) is 0 Å². The molecule has 2 nitrogen and oxygen atoms in total. The van der Waals surface area contributed by atoms with Crippen molar-refractivity contribution in [2.45, 2.75) is 19.8 Å². The van der Waals surface area contributed by atoms with Crippen LogP contribution in [0.5, 0.6) is 0 Å². The Morgan fingerprint density at radius 1 is 1.14 bits per heavy atom. The van der Waals surface area contributed by atoms with Gasteiger partial charge in [0.05, 0.1) is 10.7 Å². The molecule has 0 atom stereocenters. The predicted octanol–water partition coefficient (Wildman–Crippen LogP) is 5.41. The summed E-state index contributed by atoms with van der Waals surface area (Å²) in [6.07, 6.45) is 6.40. The molecule has 0 aliphatic rings. The summed E-state index contributed by atoms with van der Waals surface area (Å²) in [6, 6.07) is 14.7. The van der Waals surface area contributed by atoms with E-state index in [-0.39, 0.29) is 5.91 Å². The molecule has 0 saturated heterocycles. The highest BCUT2D eigenvalue weighted by Crippen LogP contribution is 2.21. The van der Waals surface area contributed by atoms with E-state index in [0.717, 1.165) is 18.4 Å². The van der Waals surface area contributed by atoms with Crippen molar-refractivity contribution >= 4 is 29.3 Å². The Labute approximate surface area is 130 Å². The Kier molecular flexibility index (Phi) is 5.59. The van der Waals surface area contributed by atoms with E-state index >= 15 is 0 Å². The summed E-state index contributed by atoms with van der Waals surface area (Å²) in [6.45, 7) is 2.15. The Hall–Kier alpha value is -2.06. The van der Waals surface area contributed by atoms with E-state index in [9.17, 15) is 4.79 Å². The molecular formula is C18H18ClNO. The lowest BCUT2D eigenvalue weighted by molar-refractivity contribution is 0.102. The first-order chi connectivity index (χ1) is 10.2. The van der Waals surface area contributed by atoms with Crippen molar-refractivity contribution < 1.29 is 4.79 Å². The largest absolute Gasteiger partial charge is 0.321 e. The van der Waals surface area contributed by atoms with Gasteiger partial charge in [-0.05, 0) is 36.2 Å². The van der Waals surface area contributed by atoms with Crippen LogP contribution in [0.25, 0.3) is 6.08 Å². The third-order valence-electron chi connectivity index (χ3n) is 3.06. The number of rotatable bonds is 5. The second-order valence-electron chi connectivity index (χ2n) is 4.75. The number of allylic oxidation sites excluding steroid dienone is 1. The monoisotopic (exact) mass is 299 g/mol. The molecule has 0 saturated carbocycles. The fourth-order valence-electron chi connectivity index (χ4n) is 1.89. The van der Waals surface area contributed by atoms with Crippen LogP contribution in [-0.2, 0) is 0 Å². The molecular weight excluding hydrogens is 282 g/mol. The topological polar surface area (TPSA) is 29.1 Å². The quantitative estimate of drug-likeness (QED) is 0.786. The zero-order valence-electron chi connectivity index (χ0n) is 12.0. The van der Waals surface area contributed by atoms with Crippen LogP contribution < -0.4 is 5.32 Å². The Morgan fingerprint density at radius 2 is 1.86 bits per heavy atom. The van der Waals surface area contributed by atoms with Crippen LogP contribution in [0, 0.1) is 0 Å². The van der Waals surface area contributed by atoms with Gasteiger partial charge in [-0.3, -0.25) is 4.79 Å². The maximum Gasteiger partial charge on any atom is 0.255 e. The summed E-state index contributed by atoms with van der Waals surface area (Å²) in [5.41, 5.74) is 2.33. The molecule has 21 heavy (non-hydrogen) atoms. The molecule has 0 spiro atoms. The van der Waals surface area contributed by atoms with Crippen LogP contribution in [0.4, 0.5) is 5.69 Å². The molecule has 1 N–H and O–H groups in total. The van der Waals surface area contributed by atoms with Gasteiger partial charge in [-0.1, -0.05) is 61.4 Å². The number of benzene rings is 2. The van der Waals surface area contributed by atoms with Crippen molar-refractivity contribution in [3.63, 3.8) is 0 Å². The molecule has 0 unspecified atom stereocenters. The van der Waals surface area contributed by atoms with E-state index in [1.54, 1.807) is 12.1 Å². The van der Waals surface area contributed by atoms with Crippen LogP contribution in [0.15, 0.2) is 54.6 Å². The zero-order valence-corrected chi connectivity index (χ0v) is 12.7. The standard InChI is InChI=1S/C18H18ClNO/c1-2-3-4-7-14-10-12-15(13-11-14)18(21)20-17-9-6-5-8-16(17)19/h4-13H,2-3H2,1H3,(H,20,21)/b7-4+. The van der Waals surface area contributed by atoms with E-state index in [2.05, 4.69) is 24.4 Å². The molecule has 0 bridgehead atoms. The third kappa shape index (κ3) is 4.47. The van der Waals surface area contributed by atoms with Gasteiger partial charge in [0.15, 0.2) is 0 Å². The third-order valence-corrected chi connectivity index (χ3v) is 3.39. The van der Waals surface area contributed by atoms with Gasteiger partial charge >= 0.3 is 0 Å². The Morgan fingerprint density at radius 3 is 2.52 bits per heavy atom. The molecule has 0 aromatic heterocycles. The van der Waals surface area contributed by atoms with Crippen LogP contribution >= 0.6 is 11.6 Å². The SMILES string of the molecule is CCC/C=C/c1ccc(C(=O)Nc2ccccc2Cl)cc1. The summed E-state index contributed by atoms with van der Waals surface area (Å²) in [5, 5.41) is 3.34. The predicted molar refractivity (Wildman–Crippen MR) is 89.8 cm³/mol. The average molecular weight is 300 g/mol. The van der Waals surface area contributed by atoms with Crippen molar-refractivity contribution in [1.29, 1.82) is 0 Å². The van der Waals surface area contributed by atoms with Gasteiger partial charge in [0.2, 0.25) is 0 Å². The van der Waals surface area contributed by atoms with Crippen LogP contribution in [0.1, 0.15) is 35.7 Å². The van der Waals surface area contributed by atoms with Crippen molar-refractivity contribution in [2.24, 2.45) is 0 Å². The number of nitrogens with one attached hydrogen (secondary N) is 1. The highest BCUT2D eigenvalue weighted by molar-refractivity contribution is 6.33. The lowest BCUT2D eigenvalue weighted by atomic mass is 10.1. The fourth-order valence-corrected chi connectivity index (χ4v) is 2.07. The summed E-state index contributed by atoms with van der Waals surface area (Å²) >= 11 is 6.03. The first kappa shape index (κ1) is 15.3. The van der Waals surface area contributed by atoms with Crippen LogP contribution in [-0.4, -0.2) is 5.91 Å². The van der Waals surface area contributed by atoms with Gasteiger partial charge in [0.25, 0.3) is 5.91 Å². The second kappa shape index (κ2) is 7.65. The van der Waals surface area contributed by atoms with Crippen molar-refractivity contribution in [1.82, 2.24) is 0 Å². The molecule has 0 aliphatic carbocycles. The minimum absolute atomic E-state index is 0.160. The fraction of sp³-hybridized carbons (Fsp3) is 0.167. The average Bonchev–Trinajstić information content (AvgIpc) is 2.50. The molecule has 0 heterocycles. The lowest BCUT2D eigenvalue weighted by Gasteiger charge is -2.07. The van der Waals surface area contributed by atoms with E-state index < -0.39 is 0 Å². The number of halogens is 1. The number of para-hydroxylation sites is 1. The number of hydrogen-bond donors (Lipinski definition) is 1. The molecule has 108 valence electrons. The summed E-state index contributed by atoms with van der Waals surface area (Å²) in [7, 11) is 0. The molecule has 2 rings (SSSR count). The van der Waals surface area contributed by atoms with Gasteiger partial charge in [-0.25, -0.2) is 0 Å². The van der Waals surface area contributed by atoms with Gasteiger partial charge in [-0.2, -0.15) is 0 Å². The van der Waals surface area contributed by atoms with Crippen molar-refractivity contribution in [3.05, 3.63) is 70.8 Å². The molecule has 3 heteroatoms. The zero-order chi connectivity index (χ0) is 15.1. The highest BCUT2D eigenvalue weighted by Gasteiger charge is 2.07. The van der Waals surface area contributed by atoms with Gasteiger partial charge in [0, 0.05) is 5.56 Å². The Bertz CT molecular complexity index is 632. The smallest absolute Gasteiger partial charge is 0.255 e. The number of hydrogen-bond acceptors (Lipinski definition) is 1. The van der Waals surface area contributed by atoms with Crippen LogP contribution in [0.2, 0.25) is 5.02 Å². The first-order valence-corrected chi connectivity index (χ1v) is 7.41. The van der Waals surface area contributed by atoms with Crippen molar-refractivity contribution in [2.75, 3.05) is 5.32 Å². The minimum Gasteiger partial charge on any atom is -0.321 e. The molecule has 2 aromatic carbocycles. The highest BCUT2D eigenvalue weighted by atomic mass is 35.5. The molecule has 2 aromatic rings. The maximum atomic E-state index is 12.2. The van der Waals surface area contributed by atoms with E-state index in [1.807, 2.05) is 36.4 Å². The normalized spacial score (nSPS) is 10.8. The van der Waals surface area contributed by atoms with E-state index in [4.69, 9.17) is 11.6 Å². The van der Waals surface area contributed by atoms with Gasteiger partial charge in [-0.15, -0.1) is 0 Å². The summed E-state index contributed by atoms with van der Waals surface area (Å²) < 4.78 is 0. The van der Waals surface area contributed by atoms with Gasteiger partial charge in [0.1, 0.15) is 0 Å².